The van der Waals surface area contributed by atoms with Gasteiger partial charge in [0.2, 0.25) is 0 Å². The maximum absolute atomic E-state index is 10.6. The first kappa shape index (κ1) is 19.4. The van der Waals surface area contributed by atoms with Crippen molar-refractivity contribution in [3.05, 3.63) is 34.9 Å². The summed E-state index contributed by atoms with van der Waals surface area (Å²) in [5.74, 6) is -1.44. The molecule has 0 bridgehead atoms. The molecule has 2 rings (SSSR count). The average molecular weight is 343 g/mol. The summed E-state index contributed by atoms with van der Waals surface area (Å²) in [5.41, 5.74) is 0.570. The molecule has 23 heavy (non-hydrogen) atoms. The molecule has 1 heterocycles. The van der Waals surface area contributed by atoms with Crippen LogP contribution in [0.5, 0.6) is 0 Å². The van der Waals surface area contributed by atoms with Crippen molar-refractivity contribution in [2.24, 2.45) is 0 Å². The Bertz CT molecular complexity index is 531. The summed E-state index contributed by atoms with van der Waals surface area (Å²) in [6.45, 7) is 7.46. The summed E-state index contributed by atoms with van der Waals surface area (Å²) in [6.07, 6.45) is 1.13. The van der Waals surface area contributed by atoms with Crippen LogP contribution >= 0.6 is 11.6 Å². The molecule has 1 aliphatic rings. The van der Waals surface area contributed by atoms with Crippen LogP contribution < -0.4 is 5.32 Å². The van der Waals surface area contributed by atoms with Crippen molar-refractivity contribution in [3.8, 4) is 0 Å². The van der Waals surface area contributed by atoms with E-state index in [-0.39, 0.29) is 11.1 Å². The molecular formula is C16H23ClN2O4. The van der Waals surface area contributed by atoms with Gasteiger partial charge >= 0.3 is 11.9 Å². The van der Waals surface area contributed by atoms with Crippen molar-refractivity contribution < 1.29 is 19.8 Å². The van der Waals surface area contributed by atoms with Crippen molar-refractivity contribution in [3.63, 3.8) is 0 Å². The molecule has 1 fully saturated rings. The van der Waals surface area contributed by atoms with Crippen molar-refractivity contribution in [2.75, 3.05) is 38.6 Å². The number of aromatic carboxylic acids is 2. The van der Waals surface area contributed by atoms with Gasteiger partial charge in [0.05, 0.1) is 11.1 Å². The minimum atomic E-state index is -1.12. The second kappa shape index (κ2) is 10.2. The standard InChI is InChI=1S/C9H8O4.C7H15ClN2/c1-5-2-3-6(8(10)11)4-7(5)9(12)13;8-2-1-5-10-6-3-9-4-7-10/h2-4H,1H3,(H,10,11)(H,12,13);9H,1-7H2. The van der Waals surface area contributed by atoms with Gasteiger partial charge in [0, 0.05) is 32.1 Å². The summed E-state index contributed by atoms with van der Waals surface area (Å²) >= 11 is 5.58. The topological polar surface area (TPSA) is 89.9 Å². The third-order valence-electron chi connectivity index (χ3n) is 3.53. The normalized spacial score (nSPS) is 14.7. The molecular weight excluding hydrogens is 320 g/mol. The number of hydrogen-bond acceptors (Lipinski definition) is 4. The zero-order chi connectivity index (χ0) is 17.2. The van der Waals surface area contributed by atoms with Crippen LogP contribution in [0.3, 0.4) is 0 Å². The molecule has 0 spiro atoms. The predicted octanol–water partition coefficient (Wildman–Crippen LogP) is 1.91. The van der Waals surface area contributed by atoms with Gasteiger partial charge in [-0.15, -0.1) is 11.6 Å². The smallest absolute Gasteiger partial charge is 0.335 e. The van der Waals surface area contributed by atoms with E-state index in [0.29, 0.717) is 5.56 Å². The number of carboxylic acids is 2. The molecule has 0 radical (unpaired) electrons. The highest BCUT2D eigenvalue weighted by Crippen LogP contribution is 2.11. The molecule has 0 aliphatic carbocycles. The number of alkyl halides is 1. The van der Waals surface area contributed by atoms with E-state index in [4.69, 9.17) is 21.8 Å². The van der Waals surface area contributed by atoms with Crippen LogP contribution in [-0.2, 0) is 0 Å². The maximum atomic E-state index is 10.6. The van der Waals surface area contributed by atoms with Crippen LogP contribution in [0.25, 0.3) is 0 Å². The lowest BCUT2D eigenvalue weighted by Gasteiger charge is -2.26. The number of aryl methyl sites for hydroxylation is 1. The van der Waals surface area contributed by atoms with Gasteiger partial charge in [-0.3, -0.25) is 0 Å². The molecule has 1 saturated heterocycles. The Hall–Kier alpha value is -1.63. The summed E-state index contributed by atoms with van der Waals surface area (Å²) in [4.78, 5) is 23.6. The number of hydrogen-bond donors (Lipinski definition) is 3. The summed E-state index contributed by atoms with van der Waals surface area (Å²) < 4.78 is 0. The Morgan fingerprint density at radius 2 is 1.87 bits per heavy atom. The van der Waals surface area contributed by atoms with Crippen LogP contribution in [0.15, 0.2) is 18.2 Å². The van der Waals surface area contributed by atoms with Crippen molar-refractivity contribution in [1.82, 2.24) is 10.2 Å². The lowest BCUT2D eigenvalue weighted by molar-refractivity contribution is 0.0695. The molecule has 0 amide bonds. The zero-order valence-corrected chi connectivity index (χ0v) is 14.0. The van der Waals surface area contributed by atoms with Crippen LogP contribution in [0, 0.1) is 6.92 Å². The first-order valence-electron chi connectivity index (χ1n) is 7.52. The highest BCUT2D eigenvalue weighted by Gasteiger charge is 2.10. The summed E-state index contributed by atoms with van der Waals surface area (Å²) in [7, 11) is 0. The van der Waals surface area contributed by atoms with Crippen molar-refractivity contribution in [1.29, 1.82) is 0 Å². The van der Waals surface area contributed by atoms with E-state index in [2.05, 4.69) is 10.2 Å². The van der Waals surface area contributed by atoms with Gasteiger partial charge in [-0.05, 0) is 37.6 Å². The van der Waals surface area contributed by atoms with Crippen LogP contribution in [0.1, 0.15) is 32.7 Å². The maximum Gasteiger partial charge on any atom is 0.335 e. The molecule has 1 aromatic rings. The molecule has 6 nitrogen and oxygen atoms in total. The van der Waals surface area contributed by atoms with Crippen LogP contribution in [-0.4, -0.2) is 65.7 Å². The van der Waals surface area contributed by atoms with E-state index in [1.807, 2.05) is 0 Å². The highest BCUT2D eigenvalue weighted by molar-refractivity contribution is 6.17. The van der Waals surface area contributed by atoms with E-state index in [9.17, 15) is 9.59 Å². The minimum Gasteiger partial charge on any atom is -0.478 e. The van der Waals surface area contributed by atoms with E-state index in [1.165, 1.54) is 31.8 Å². The molecule has 3 N–H and O–H groups in total. The van der Waals surface area contributed by atoms with E-state index < -0.39 is 11.9 Å². The van der Waals surface area contributed by atoms with E-state index in [0.717, 1.165) is 31.5 Å². The van der Waals surface area contributed by atoms with Gasteiger partial charge in [0.25, 0.3) is 0 Å². The van der Waals surface area contributed by atoms with Crippen LogP contribution in [0.4, 0.5) is 0 Å². The Kier molecular flexibility index (Phi) is 8.61. The number of rotatable bonds is 5. The highest BCUT2D eigenvalue weighted by atomic mass is 35.5. The molecule has 0 saturated carbocycles. The molecule has 1 aliphatic heterocycles. The molecule has 0 unspecified atom stereocenters. The number of nitrogens with one attached hydrogen (secondary N) is 1. The van der Waals surface area contributed by atoms with Gasteiger partial charge in [-0.25, -0.2) is 9.59 Å². The Labute approximate surface area is 141 Å². The minimum absolute atomic E-state index is 0.0111. The summed E-state index contributed by atoms with van der Waals surface area (Å²) in [6, 6.07) is 4.01. The molecule has 128 valence electrons. The van der Waals surface area contributed by atoms with Crippen molar-refractivity contribution in [2.45, 2.75) is 13.3 Å². The SMILES string of the molecule is Cc1ccc(C(=O)O)cc1C(=O)O.ClCCCN1CCNCC1. The third kappa shape index (κ3) is 6.99. The van der Waals surface area contributed by atoms with E-state index >= 15 is 0 Å². The number of nitrogens with zero attached hydrogens (tertiary/aromatic N) is 1. The fourth-order valence-corrected chi connectivity index (χ4v) is 2.32. The predicted molar refractivity (Wildman–Crippen MR) is 89.7 cm³/mol. The second-order valence-corrected chi connectivity index (χ2v) is 5.65. The lowest BCUT2D eigenvalue weighted by atomic mass is 10.1. The van der Waals surface area contributed by atoms with Gasteiger partial charge in [0.1, 0.15) is 0 Å². The number of piperazine rings is 1. The number of carboxylic acid groups (broad SMARTS) is 2. The summed E-state index contributed by atoms with van der Waals surface area (Å²) in [5, 5.41) is 20.6. The largest absolute Gasteiger partial charge is 0.478 e. The Morgan fingerprint density at radius 1 is 1.22 bits per heavy atom. The number of benzene rings is 1. The average Bonchev–Trinajstić information content (AvgIpc) is 2.54. The van der Waals surface area contributed by atoms with Crippen molar-refractivity contribution >= 4 is 23.5 Å². The van der Waals surface area contributed by atoms with Crippen LogP contribution in [0.2, 0.25) is 0 Å². The van der Waals surface area contributed by atoms with Gasteiger partial charge in [-0.2, -0.15) is 0 Å². The quantitative estimate of drug-likeness (QED) is 0.708. The Balaban J connectivity index is 0.000000238. The first-order chi connectivity index (χ1) is 11.0. The molecule has 1 aromatic carbocycles. The fraction of sp³-hybridized carbons (Fsp3) is 0.500. The zero-order valence-electron chi connectivity index (χ0n) is 13.2. The van der Waals surface area contributed by atoms with Gasteiger partial charge < -0.3 is 20.4 Å². The van der Waals surface area contributed by atoms with Gasteiger partial charge in [-0.1, -0.05) is 6.07 Å². The van der Waals surface area contributed by atoms with E-state index in [1.54, 1.807) is 6.92 Å². The lowest BCUT2D eigenvalue weighted by Crippen LogP contribution is -2.43. The number of halogens is 1. The molecule has 0 aromatic heterocycles. The molecule has 7 heteroatoms. The fourth-order valence-electron chi connectivity index (χ4n) is 2.20. The number of carbonyl (C=O) groups is 2. The first-order valence-corrected chi connectivity index (χ1v) is 8.05. The second-order valence-electron chi connectivity index (χ2n) is 5.27. The Morgan fingerprint density at radius 3 is 2.39 bits per heavy atom. The monoisotopic (exact) mass is 342 g/mol. The van der Waals surface area contributed by atoms with Gasteiger partial charge in [0.15, 0.2) is 0 Å². The third-order valence-corrected chi connectivity index (χ3v) is 3.80. The molecule has 0 atom stereocenters.